The molecule has 13 heavy (non-hydrogen) atoms. The molecular weight excluding hydrogens is 388 g/mol. The molecule has 68 valence electrons. The predicted octanol–water partition coefficient (Wildman–Crippen LogP) is 9.51. The van der Waals surface area contributed by atoms with Crippen molar-refractivity contribution < 1.29 is 4.89 Å². The molecule has 0 fully saturated rings. The molecule has 0 rings (SSSR count). The molecular formula is H2OP12. The molecule has 0 aliphatic rings. The van der Waals surface area contributed by atoms with E-state index >= 15 is 0 Å². The average Bonchev–Trinajstić information content (AvgIpc) is 2.09. The van der Waals surface area contributed by atoms with Crippen LogP contribution in [0.3, 0.4) is 0 Å². The Kier molecular flexibility index (Phi) is 17.7. The molecule has 13 heteroatoms. The van der Waals surface area contributed by atoms with Crippen LogP contribution < -0.4 is 0 Å². The van der Waals surface area contributed by atoms with Crippen LogP contribution in [0.4, 0.5) is 0 Å². The van der Waals surface area contributed by atoms with Gasteiger partial charge in [0, 0.05) is 0 Å². The molecule has 0 bridgehead atoms. The molecule has 0 aliphatic carbocycles. The van der Waals surface area contributed by atoms with Gasteiger partial charge in [-0.2, -0.15) is 0 Å². The second kappa shape index (κ2) is 13.8. The summed E-state index contributed by atoms with van der Waals surface area (Å²) in [4.78, 5) is 8.91. The van der Waals surface area contributed by atoms with E-state index < -0.39 is 6.94 Å². The first-order valence-electron chi connectivity index (χ1n) is 2.42. The monoisotopic (exact) mass is 390 g/mol. The summed E-state index contributed by atoms with van der Waals surface area (Å²) >= 11 is 0. The normalized spacial score (nSPS) is 14.3. The summed E-state index contributed by atoms with van der Waals surface area (Å²) in [6.07, 6.45) is 0. The SMILES string of the molecule is OP(#P)P=PP=PP=PP=PP=P. The van der Waals surface area contributed by atoms with E-state index in [1.807, 2.05) is 0 Å². The molecule has 0 radical (unpaired) electrons. The van der Waals surface area contributed by atoms with Gasteiger partial charge in [0.15, 0.2) is 0 Å². The molecule has 1 N–H and O–H groups in total. The van der Waals surface area contributed by atoms with E-state index in [0.717, 1.165) is 7.56 Å². The van der Waals surface area contributed by atoms with Crippen LogP contribution in [0.25, 0.3) is 0 Å². The van der Waals surface area contributed by atoms with E-state index in [-0.39, 0.29) is 0 Å². The summed E-state index contributed by atoms with van der Waals surface area (Å²) in [6.45, 7) is -1.00. The molecule has 0 amide bonds. The van der Waals surface area contributed by atoms with Crippen LogP contribution >= 0.6 is 91.8 Å². The van der Waals surface area contributed by atoms with Gasteiger partial charge in [0.25, 0.3) is 0 Å². The van der Waals surface area contributed by atoms with Gasteiger partial charge in [-0.1, -0.05) is 0 Å². The van der Waals surface area contributed by atoms with Gasteiger partial charge in [0.1, 0.15) is 0 Å². The van der Waals surface area contributed by atoms with Gasteiger partial charge < -0.3 is 0 Å². The van der Waals surface area contributed by atoms with Crippen molar-refractivity contribution >= 4 is 91.8 Å². The fourth-order valence-electron chi connectivity index (χ4n) is 0.163. The van der Waals surface area contributed by atoms with Crippen molar-refractivity contribution in [3.63, 3.8) is 0 Å². The third-order valence-corrected chi connectivity index (χ3v) is 30.6. The standard InChI is InChI=1S/H2OP12/c1-13(3)12-11-10-9-8-7-6-5-4-2/h1-2H. The van der Waals surface area contributed by atoms with Crippen LogP contribution in [0.2, 0.25) is 0 Å². The molecule has 1 nitrogen and oxygen atoms in total. The van der Waals surface area contributed by atoms with E-state index in [0.29, 0.717) is 0 Å². The van der Waals surface area contributed by atoms with Crippen molar-refractivity contribution in [2.24, 2.45) is 0 Å². The zero-order valence-electron chi connectivity index (χ0n) is 5.87. The molecule has 0 saturated heterocycles. The van der Waals surface area contributed by atoms with Crippen molar-refractivity contribution in [2.45, 2.75) is 0 Å². The summed E-state index contributed by atoms with van der Waals surface area (Å²) in [7, 11) is 19.7. The van der Waals surface area contributed by atoms with Crippen LogP contribution in [0, 0.1) is 0 Å². The van der Waals surface area contributed by atoms with Crippen molar-refractivity contribution in [2.75, 3.05) is 0 Å². The van der Waals surface area contributed by atoms with Crippen molar-refractivity contribution in [1.29, 1.82) is 0 Å². The minimum absolute atomic E-state index is 1.00. The first kappa shape index (κ1) is 16.7. The molecule has 0 spiro atoms. The van der Waals surface area contributed by atoms with Crippen LogP contribution in [0.5, 0.6) is 0 Å². The average molecular weight is 390 g/mol. The molecule has 0 aromatic rings. The molecule has 1 unspecified atom stereocenters. The van der Waals surface area contributed by atoms with Crippen LogP contribution in [-0.4, -0.2) is 4.89 Å². The Hall–Kier alpha value is 3.69. The molecule has 0 aromatic heterocycles. The second-order valence-electron chi connectivity index (χ2n) is 1.08. The second-order valence-corrected chi connectivity index (χ2v) is 26.0. The fourth-order valence-corrected chi connectivity index (χ4v) is 36.7. The number of rotatable bonds is 4. The summed E-state index contributed by atoms with van der Waals surface area (Å²) in [6, 6.07) is 0. The Morgan fingerprint density at radius 1 is 0.923 bits per heavy atom. The van der Waals surface area contributed by atoms with E-state index in [1.165, 1.54) is 60.4 Å². The number of hydrogen-bond donors (Lipinski definition) is 1. The van der Waals surface area contributed by atoms with Crippen LogP contribution in [0.1, 0.15) is 0 Å². The Balaban J connectivity index is 3.77. The quantitative estimate of drug-likeness (QED) is 0.474. The van der Waals surface area contributed by atoms with Crippen molar-refractivity contribution in [3.05, 3.63) is 0 Å². The summed E-state index contributed by atoms with van der Waals surface area (Å²) in [5.74, 6) is 0. The zero-order chi connectivity index (χ0) is 9.94. The Labute approximate surface area is 96.3 Å². The van der Waals surface area contributed by atoms with Gasteiger partial charge in [0.2, 0.25) is 0 Å². The Bertz CT molecular complexity index is 306. The molecule has 1 atom stereocenters. The van der Waals surface area contributed by atoms with Gasteiger partial charge in [0.05, 0.1) is 0 Å². The van der Waals surface area contributed by atoms with E-state index in [4.69, 9.17) is 4.89 Å². The van der Waals surface area contributed by atoms with Crippen LogP contribution in [0.15, 0.2) is 0 Å². The third-order valence-electron chi connectivity index (χ3n) is 0.405. The van der Waals surface area contributed by atoms with Gasteiger partial charge in [-0.15, -0.1) is 0 Å². The summed E-state index contributed by atoms with van der Waals surface area (Å²) in [5.41, 5.74) is 0. The van der Waals surface area contributed by atoms with Crippen LogP contribution in [-0.2, 0) is 0 Å². The van der Waals surface area contributed by atoms with Gasteiger partial charge in [-0.25, -0.2) is 0 Å². The first-order valence-corrected chi connectivity index (χ1v) is 20.6. The molecule has 0 aromatic carbocycles. The van der Waals surface area contributed by atoms with E-state index in [9.17, 15) is 0 Å². The van der Waals surface area contributed by atoms with Crippen molar-refractivity contribution in [3.8, 4) is 0 Å². The summed E-state index contributed by atoms with van der Waals surface area (Å²) < 4.78 is 0. The molecule has 0 saturated carbocycles. The van der Waals surface area contributed by atoms with E-state index in [2.05, 4.69) is 16.9 Å². The van der Waals surface area contributed by atoms with Gasteiger partial charge in [-0.05, 0) is 0 Å². The maximum absolute atomic E-state index is 8.91. The molecule has 0 heterocycles. The minimum atomic E-state index is -1.00. The van der Waals surface area contributed by atoms with E-state index in [1.54, 1.807) is 0 Å². The summed E-state index contributed by atoms with van der Waals surface area (Å²) in [5, 5.41) is 0. The Morgan fingerprint density at radius 3 is 1.85 bits per heavy atom. The van der Waals surface area contributed by atoms with Gasteiger partial charge >= 0.3 is 96.7 Å². The third kappa shape index (κ3) is 15.7. The van der Waals surface area contributed by atoms with Crippen molar-refractivity contribution in [1.82, 2.24) is 0 Å². The van der Waals surface area contributed by atoms with Gasteiger partial charge in [-0.3, -0.25) is 0 Å². The zero-order valence-corrected chi connectivity index (χ0v) is 16.7. The maximum atomic E-state index is 8.91. The fraction of sp³-hybridized carbons (Fsp3) is 0. The molecule has 0 aliphatic heterocycles. The Morgan fingerprint density at radius 2 is 1.38 bits per heavy atom. The predicted molar refractivity (Wildman–Crippen MR) is 86.7 cm³/mol. The number of hydrogen-bond acceptors (Lipinski definition) is 1. The first-order chi connectivity index (χ1) is 6.27. The topological polar surface area (TPSA) is 20.2 Å².